The summed E-state index contributed by atoms with van der Waals surface area (Å²) in [5.41, 5.74) is 0.322. The highest BCUT2D eigenvalue weighted by Crippen LogP contribution is 2.39. The molecule has 5 heteroatoms. The maximum atomic E-state index is 6.12. The van der Waals surface area contributed by atoms with Crippen molar-refractivity contribution in [1.29, 1.82) is 0 Å². The van der Waals surface area contributed by atoms with E-state index in [2.05, 4.69) is 20.8 Å². The summed E-state index contributed by atoms with van der Waals surface area (Å²) in [6, 6.07) is 0. The molecule has 1 saturated heterocycles. The summed E-state index contributed by atoms with van der Waals surface area (Å²) in [7, 11) is 0. The number of rotatable bonds is 0. The summed E-state index contributed by atoms with van der Waals surface area (Å²) in [5, 5.41) is 0. The predicted octanol–water partition coefficient (Wildman–Crippen LogP) is 2.67. The molecule has 1 saturated carbocycles. The maximum Gasteiger partial charge on any atom is 0.0840 e. The first kappa shape index (κ1) is 19.1. The Labute approximate surface area is 140 Å². The molecule has 0 amide bonds. The van der Waals surface area contributed by atoms with E-state index >= 15 is 0 Å². The Bertz CT molecular complexity index is 315. The quantitative estimate of drug-likeness (QED) is 0.683. The molecule has 2 aliphatic rings. The van der Waals surface area contributed by atoms with Crippen molar-refractivity contribution in [1.82, 2.24) is 0 Å². The van der Waals surface area contributed by atoms with E-state index in [1.54, 1.807) is 0 Å². The fraction of sp³-hybridized carbons (Fsp3) is 1.00. The van der Waals surface area contributed by atoms with Gasteiger partial charge in [-0.05, 0) is 30.6 Å². The van der Waals surface area contributed by atoms with E-state index in [0.717, 1.165) is 12.8 Å². The Morgan fingerprint density at radius 3 is 1.61 bits per heavy atom. The van der Waals surface area contributed by atoms with Crippen LogP contribution in [0.3, 0.4) is 0 Å². The lowest BCUT2D eigenvalue weighted by molar-refractivity contribution is -0.125. The van der Waals surface area contributed by atoms with Gasteiger partial charge in [0.25, 0.3) is 0 Å². The van der Waals surface area contributed by atoms with E-state index in [1.807, 2.05) is 0 Å². The first-order valence-electron chi connectivity index (χ1n) is 9.04. The molecule has 5 nitrogen and oxygen atoms in total. The fourth-order valence-electron chi connectivity index (χ4n) is 3.31. The van der Waals surface area contributed by atoms with E-state index in [0.29, 0.717) is 64.2 Å². The zero-order valence-corrected chi connectivity index (χ0v) is 15.1. The second-order valence-electron chi connectivity index (χ2n) is 7.53. The van der Waals surface area contributed by atoms with Gasteiger partial charge in [-0.2, -0.15) is 0 Å². The molecule has 2 fully saturated rings. The van der Waals surface area contributed by atoms with Gasteiger partial charge in [0.2, 0.25) is 0 Å². The molecule has 2 rings (SSSR count). The molecule has 1 aliphatic heterocycles. The highest BCUT2D eigenvalue weighted by Gasteiger charge is 2.36. The van der Waals surface area contributed by atoms with Crippen LogP contribution < -0.4 is 0 Å². The standard InChI is InChI=1S/C18H34O5/c1-18(2,3)15-4-5-16-17(14-15)23-13-11-21-9-7-19-6-8-20-10-12-22-16/h15-17H,4-14H2,1-3H3/t15-,16+,17+/m1/s1. The Balaban J connectivity index is 1.86. The number of fused-ring (bicyclic) bond motifs is 1. The fourth-order valence-corrected chi connectivity index (χ4v) is 3.31. The summed E-state index contributed by atoms with van der Waals surface area (Å²) < 4.78 is 28.7. The summed E-state index contributed by atoms with van der Waals surface area (Å²) in [6.45, 7) is 11.9. The Morgan fingerprint density at radius 1 is 0.609 bits per heavy atom. The van der Waals surface area contributed by atoms with Gasteiger partial charge in [0.05, 0.1) is 65.1 Å². The maximum absolute atomic E-state index is 6.12. The van der Waals surface area contributed by atoms with Crippen LogP contribution in [0.1, 0.15) is 40.0 Å². The van der Waals surface area contributed by atoms with Gasteiger partial charge in [-0.25, -0.2) is 0 Å². The molecule has 0 aromatic carbocycles. The van der Waals surface area contributed by atoms with Crippen molar-refractivity contribution in [2.24, 2.45) is 11.3 Å². The Morgan fingerprint density at radius 2 is 1.09 bits per heavy atom. The third kappa shape index (κ3) is 7.06. The molecule has 1 aliphatic carbocycles. The average Bonchev–Trinajstić information content (AvgIpc) is 2.52. The van der Waals surface area contributed by atoms with Crippen molar-refractivity contribution in [2.75, 3.05) is 52.9 Å². The van der Waals surface area contributed by atoms with E-state index in [9.17, 15) is 0 Å². The molecular weight excluding hydrogens is 296 g/mol. The number of hydrogen-bond donors (Lipinski definition) is 0. The molecule has 136 valence electrons. The summed E-state index contributed by atoms with van der Waals surface area (Å²) in [6.07, 6.45) is 3.69. The van der Waals surface area contributed by atoms with Gasteiger partial charge >= 0.3 is 0 Å². The minimum absolute atomic E-state index is 0.165. The monoisotopic (exact) mass is 330 g/mol. The van der Waals surface area contributed by atoms with E-state index in [4.69, 9.17) is 23.7 Å². The summed E-state index contributed by atoms with van der Waals surface area (Å²) in [5.74, 6) is 0.681. The number of ether oxygens (including phenoxy) is 5. The minimum Gasteiger partial charge on any atom is -0.377 e. The highest BCUT2D eigenvalue weighted by atomic mass is 16.6. The average molecular weight is 330 g/mol. The third-order valence-electron chi connectivity index (χ3n) is 4.82. The van der Waals surface area contributed by atoms with Crippen molar-refractivity contribution in [3.8, 4) is 0 Å². The lowest BCUT2D eigenvalue weighted by Gasteiger charge is -2.41. The molecule has 1 heterocycles. The summed E-state index contributed by atoms with van der Waals surface area (Å²) in [4.78, 5) is 0. The van der Waals surface area contributed by atoms with Crippen LogP contribution in [0.25, 0.3) is 0 Å². The molecule has 0 radical (unpaired) electrons. The van der Waals surface area contributed by atoms with Gasteiger partial charge in [-0.15, -0.1) is 0 Å². The molecule has 0 spiro atoms. The normalized spacial score (nSPS) is 33.3. The van der Waals surface area contributed by atoms with E-state index in [1.165, 1.54) is 6.42 Å². The van der Waals surface area contributed by atoms with Crippen LogP contribution in [0.15, 0.2) is 0 Å². The first-order valence-corrected chi connectivity index (χ1v) is 9.04. The zero-order chi connectivity index (χ0) is 16.5. The molecule has 3 atom stereocenters. The molecule has 23 heavy (non-hydrogen) atoms. The molecule has 0 aromatic rings. The Kier molecular flexibility index (Phi) is 8.27. The van der Waals surface area contributed by atoms with Crippen LogP contribution in [0.2, 0.25) is 0 Å². The second-order valence-corrected chi connectivity index (χ2v) is 7.53. The molecule has 0 unspecified atom stereocenters. The first-order chi connectivity index (χ1) is 11.1. The van der Waals surface area contributed by atoms with Crippen LogP contribution in [-0.2, 0) is 23.7 Å². The molecule has 0 bridgehead atoms. The second kappa shape index (κ2) is 9.94. The van der Waals surface area contributed by atoms with Crippen molar-refractivity contribution < 1.29 is 23.7 Å². The van der Waals surface area contributed by atoms with Gasteiger partial charge in [-0.3, -0.25) is 0 Å². The van der Waals surface area contributed by atoms with Gasteiger partial charge in [-0.1, -0.05) is 20.8 Å². The van der Waals surface area contributed by atoms with Crippen LogP contribution in [0.4, 0.5) is 0 Å². The largest absolute Gasteiger partial charge is 0.377 e. The van der Waals surface area contributed by atoms with Gasteiger partial charge in [0, 0.05) is 0 Å². The predicted molar refractivity (Wildman–Crippen MR) is 88.7 cm³/mol. The van der Waals surface area contributed by atoms with Crippen LogP contribution in [-0.4, -0.2) is 65.1 Å². The topological polar surface area (TPSA) is 46.2 Å². The van der Waals surface area contributed by atoms with Gasteiger partial charge in [0.15, 0.2) is 0 Å². The highest BCUT2D eigenvalue weighted by molar-refractivity contribution is 4.87. The Hall–Kier alpha value is -0.200. The van der Waals surface area contributed by atoms with Crippen molar-refractivity contribution in [3.63, 3.8) is 0 Å². The smallest absolute Gasteiger partial charge is 0.0840 e. The van der Waals surface area contributed by atoms with E-state index < -0.39 is 0 Å². The molecular formula is C18H34O5. The van der Waals surface area contributed by atoms with Crippen LogP contribution in [0, 0.1) is 11.3 Å². The lowest BCUT2D eigenvalue weighted by atomic mass is 9.71. The van der Waals surface area contributed by atoms with Crippen molar-refractivity contribution in [2.45, 2.75) is 52.2 Å². The van der Waals surface area contributed by atoms with E-state index in [-0.39, 0.29) is 12.2 Å². The van der Waals surface area contributed by atoms with Gasteiger partial charge < -0.3 is 23.7 Å². The third-order valence-corrected chi connectivity index (χ3v) is 4.82. The number of hydrogen-bond acceptors (Lipinski definition) is 5. The van der Waals surface area contributed by atoms with Crippen molar-refractivity contribution >= 4 is 0 Å². The SMILES string of the molecule is CC(C)(C)[C@@H]1CC[C@@H]2OCCOCCOCCOCCO[C@H]2C1. The van der Waals surface area contributed by atoms with Crippen LogP contribution >= 0.6 is 0 Å². The molecule has 0 N–H and O–H groups in total. The van der Waals surface area contributed by atoms with Crippen LogP contribution in [0.5, 0.6) is 0 Å². The summed E-state index contributed by atoms with van der Waals surface area (Å²) >= 11 is 0. The lowest BCUT2D eigenvalue weighted by Crippen LogP contribution is -2.42. The zero-order valence-electron chi connectivity index (χ0n) is 15.1. The molecule has 0 aromatic heterocycles. The van der Waals surface area contributed by atoms with Gasteiger partial charge in [0.1, 0.15) is 0 Å². The van der Waals surface area contributed by atoms with Crippen molar-refractivity contribution in [3.05, 3.63) is 0 Å². The minimum atomic E-state index is 0.165.